The average molecular weight is 358 g/mol. The van der Waals surface area contributed by atoms with Gasteiger partial charge in [0.1, 0.15) is 11.4 Å². The summed E-state index contributed by atoms with van der Waals surface area (Å²) in [4.78, 5) is 14.8. The van der Waals surface area contributed by atoms with Crippen molar-refractivity contribution in [3.63, 3.8) is 0 Å². The lowest BCUT2D eigenvalue weighted by molar-refractivity contribution is -0.0498. The third kappa shape index (κ3) is 4.62. The molecular formula is C18H16F2N4O2. The standard InChI is InChI=1S/C18H16F2N4O2/c1-11-2-4-12(5-3-11)10-15-16(25)22-18(24-23-15)21-13-6-8-14(9-7-13)26-17(19)20/h2-9,17H,10H2,1H3,(H2,21,22,24,25). The van der Waals surface area contributed by atoms with E-state index >= 15 is 0 Å². The first-order valence-electron chi connectivity index (χ1n) is 7.83. The predicted octanol–water partition coefficient (Wildman–Crippen LogP) is 3.41. The first kappa shape index (κ1) is 17.5. The summed E-state index contributed by atoms with van der Waals surface area (Å²) in [6.45, 7) is -0.889. The van der Waals surface area contributed by atoms with E-state index in [4.69, 9.17) is 0 Å². The minimum absolute atomic E-state index is 0.0403. The average Bonchev–Trinajstić information content (AvgIpc) is 2.60. The van der Waals surface area contributed by atoms with E-state index in [9.17, 15) is 13.6 Å². The van der Waals surface area contributed by atoms with E-state index in [1.807, 2.05) is 31.2 Å². The molecule has 3 rings (SSSR count). The molecule has 26 heavy (non-hydrogen) atoms. The van der Waals surface area contributed by atoms with Crippen molar-refractivity contribution in [2.24, 2.45) is 0 Å². The molecule has 0 spiro atoms. The minimum Gasteiger partial charge on any atom is -0.435 e. The highest BCUT2D eigenvalue weighted by Gasteiger charge is 2.07. The van der Waals surface area contributed by atoms with Gasteiger partial charge >= 0.3 is 6.61 Å². The summed E-state index contributed by atoms with van der Waals surface area (Å²) in [6.07, 6.45) is 0.378. The molecule has 8 heteroatoms. The second-order valence-electron chi connectivity index (χ2n) is 5.64. The van der Waals surface area contributed by atoms with Gasteiger partial charge in [-0.1, -0.05) is 29.8 Å². The molecule has 0 aliphatic carbocycles. The Morgan fingerprint density at radius 3 is 2.38 bits per heavy atom. The van der Waals surface area contributed by atoms with Crippen LogP contribution in [0, 0.1) is 6.92 Å². The van der Waals surface area contributed by atoms with Gasteiger partial charge in [0.15, 0.2) is 0 Å². The number of halogens is 2. The van der Waals surface area contributed by atoms with Crippen molar-refractivity contribution in [2.45, 2.75) is 20.0 Å². The molecule has 0 aliphatic heterocycles. The summed E-state index contributed by atoms with van der Waals surface area (Å²) in [6, 6.07) is 13.6. The van der Waals surface area contributed by atoms with Crippen LogP contribution >= 0.6 is 0 Å². The van der Waals surface area contributed by atoms with Gasteiger partial charge in [-0.05, 0) is 36.8 Å². The number of alkyl halides is 2. The highest BCUT2D eigenvalue weighted by molar-refractivity contribution is 5.54. The SMILES string of the molecule is Cc1ccc(Cc2nnc(Nc3ccc(OC(F)F)cc3)[nH]c2=O)cc1. The molecule has 0 saturated heterocycles. The van der Waals surface area contributed by atoms with E-state index in [0.717, 1.165) is 11.1 Å². The molecule has 1 heterocycles. The van der Waals surface area contributed by atoms with Crippen LogP contribution in [0.2, 0.25) is 0 Å². The molecule has 0 atom stereocenters. The van der Waals surface area contributed by atoms with Crippen molar-refractivity contribution in [2.75, 3.05) is 5.32 Å². The Labute approximate surface area is 147 Å². The smallest absolute Gasteiger partial charge is 0.387 e. The van der Waals surface area contributed by atoms with E-state index in [2.05, 4.69) is 25.2 Å². The number of hydrogen-bond donors (Lipinski definition) is 2. The van der Waals surface area contributed by atoms with Gasteiger partial charge in [-0.3, -0.25) is 9.78 Å². The van der Waals surface area contributed by atoms with E-state index < -0.39 is 6.61 Å². The first-order valence-corrected chi connectivity index (χ1v) is 7.83. The molecule has 2 N–H and O–H groups in total. The molecule has 0 amide bonds. The highest BCUT2D eigenvalue weighted by Crippen LogP contribution is 2.19. The van der Waals surface area contributed by atoms with Crippen molar-refractivity contribution >= 4 is 11.6 Å². The quantitative estimate of drug-likeness (QED) is 0.706. The predicted molar refractivity (Wildman–Crippen MR) is 93.0 cm³/mol. The highest BCUT2D eigenvalue weighted by atomic mass is 19.3. The molecular weight excluding hydrogens is 342 g/mol. The third-order valence-electron chi connectivity index (χ3n) is 3.60. The Hall–Kier alpha value is -3.29. The number of H-pyrrole nitrogens is 1. The molecule has 0 saturated carbocycles. The van der Waals surface area contributed by atoms with Crippen LogP contribution in [0.3, 0.4) is 0 Å². The Bertz CT molecular complexity index is 925. The number of nitrogens with zero attached hydrogens (tertiary/aromatic N) is 2. The van der Waals surface area contributed by atoms with Crippen molar-refractivity contribution in [3.8, 4) is 5.75 Å². The first-order chi connectivity index (χ1) is 12.5. The summed E-state index contributed by atoms with van der Waals surface area (Å²) < 4.78 is 28.5. The van der Waals surface area contributed by atoms with Crippen LogP contribution in [-0.4, -0.2) is 21.8 Å². The van der Waals surface area contributed by atoms with Gasteiger partial charge in [-0.25, -0.2) is 0 Å². The maximum absolute atomic E-state index is 12.2. The molecule has 2 aromatic carbocycles. The zero-order valence-corrected chi connectivity index (χ0v) is 13.9. The van der Waals surface area contributed by atoms with E-state index in [1.54, 1.807) is 0 Å². The molecule has 3 aromatic rings. The Morgan fingerprint density at radius 1 is 1.08 bits per heavy atom. The van der Waals surface area contributed by atoms with Crippen LogP contribution in [0.4, 0.5) is 20.4 Å². The van der Waals surface area contributed by atoms with Crippen molar-refractivity contribution in [1.29, 1.82) is 0 Å². The van der Waals surface area contributed by atoms with Gasteiger partial charge in [0.2, 0.25) is 5.95 Å². The number of hydrogen-bond acceptors (Lipinski definition) is 5. The summed E-state index contributed by atoms with van der Waals surface area (Å²) in [5, 5.41) is 10.8. The minimum atomic E-state index is -2.88. The van der Waals surface area contributed by atoms with Crippen LogP contribution in [-0.2, 0) is 6.42 Å². The largest absolute Gasteiger partial charge is 0.435 e. The molecule has 0 bridgehead atoms. The number of ether oxygens (including phenoxy) is 1. The van der Waals surface area contributed by atoms with Crippen molar-refractivity contribution in [1.82, 2.24) is 15.2 Å². The van der Waals surface area contributed by atoms with Gasteiger partial charge in [0, 0.05) is 12.1 Å². The fourth-order valence-corrected chi connectivity index (χ4v) is 2.29. The molecule has 134 valence electrons. The van der Waals surface area contributed by atoms with Gasteiger partial charge < -0.3 is 10.1 Å². The molecule has 0 unspecified atom stereocenters. The number of aromatic amines is 1. The fourth-order valence-electron chi connectivity index (χ4n) is 2.29. The fraction of sp³-hybridized carbons (Fsp3) is 0.167. The summed E-state index contributed by atoms with van der Waals surface area (Å²) in [5.74, 6) is 0.198. The number of anilines is 2. The maximum atomic E-state index is 12.2. The van der Waals surface area contributed by atoms with Gasteiger partial charge in [0.05, 0.1) is 0 Å². The molecule has 1 aromatic heterocycles. The number of nitrogens with one attached hydrogen (secondary N) is 2. The van der Waals surface area contributed by atoms with Crippen LogP contribution in [0.25, 0.3) is 0 Å². The molecule has 0 fully saturated rings. The lowest BCUT2D eigenvalue weighted by Crippen LogP contribution is -2.18. The zero-order valence-electron chi connectivity index (χ0n) is 13.9. The molecule has 6 nitrogen and oxygen atoms in total. The number of benzene rings is 2. The third-order valence-corrected chi connectivity index (χ3v) is 3.60. The molecule has 0 radical (unpaired) electrons. The van der Waals surface area contributed by atoms with Crippen LogP contribution in [0.1, 0.15) is 16.8 Å². The van der Waals surface area contributed by atoms with Crippen LogP contribution in [0.15, 0.2) is 53.3 Å². The summed E-state index contributed by atoms with van der Waals surface area (Å²) >= 11 is 0. The van der Waals surface area contributed by atoms with Crippen LogP contribution < -0.4 is 15.6 Å². The Kier molecular flexibility index (Phi) is 5.21. The molecule has 0 aliphatic rings. The summed E-state index contributed by atoms with van der Waals surface area (Å²) in [7, 11) is 0. The van der Waals surface area contributed by atoms with Crippen LogP contribution in [0.5, 0.6) is 5.75 Å². The van der Waals surface area contributed by atoms with Crippen molar-refractivity contribution in [3.05, 3.63) is 75.7 Å². The normalized spacial score (nSPS) is 10.8. The van der Waals surface area contributed by atoms with E-state index in [0.29, 0.717) is 17.8 Å². The topological polar surface area (TPSA) is 79.9 Å². The lowest BCUT2D eigenvalue weighted by atomic mass is 10.1. The lowest BCUT2D eigenvalue weighted by Gasteiger charge is -2.07. The zero-order chi connectivity index (χ0) is 18.5. The Balaban J connectivity index is 1.69. The number of aromatic nitrogens is 3. The Morgan fingerprint density at radius 2 is 1.77 bits per heavy atom. The second kappa shape index (κ2) is 7.73. The summed E-state index contributed by atoms with van der Waals surface area (Å²) in [5.41, 5.74) is 2.60. The maximum Gasteiger partial charge on any atom is 0.387 e. The second-order valence-corrected chi connectivity index (χ2v) is 5.64. The monoisotopic (exact) mass is 358 g/mol. The number of rotatable bonds is 6. The van der Waals surface area contributed by atoms with Crippen molar-refractivity contribution < 1.29 is 13.5 Å². The number of aryl methyl sites for hydroxylation is 1. The van der Waals surface area contributed by atoms with Gasteiger partial charge in [-0.2, -0.15) is 8.78 Å². The van der Waals surface area contributed by atoms with E-state index in [1.165, 1.54) is 24.3 Å². The van der Waals surface area contributed by atoms with Gasteiger partial charge in [0.25, 0.3) is 5.56 Å². The van der Waals surface area contributed by atoms with E-state index in [-0.39, 0.29) is 17.3 Å². The van der Waals surface area contributed by atoms with Gasteiger partial charge in [-0.15, -0.1) is 10.2 Å².